The molecular formula is C8H16O2. The molecule has 1 fully saturated rings. The van der Waals surface area contributed by atoms with Crippen molar-refractivity contribution in [3.05, 3.63) is 0 Å². The van der Waals surface area contributed by atoms with Gasteiger partial charge in [-0.15, -0.1) is 0 Å². The maximum Gasteiger partial charge on any atom is 0.0577 e. The highest BCUT2D eigenvalue weighted by Gasteiger charge is 2.15. The minimum absolute atomic E-state index is 0.163. The minimum atomic E-state index is -0.163. The second-order valence-electron chi connectivity index (χ2n) is 3.06. The van der Waals surface area contributed by atoms with Crippen LogP contribution in [0.2, 0.25) is 0 Å². The first-order chi connectivity index (χ1) is 4.79. The lowest BCUT2D eigenvalue weighted by atomic mass is 10.1. The van der Waals surface area contributed by atoms with E-state index in [4.69, 9.17) is 9.84 Å². The molecule has 1 heterocycles. The third kappa shape index (κ3) is 2.67. The van der Waals surface area contributed by atoms with Gasteiger partial charge in [0.15, 0.2) is 0 Å². The van der Waals surface area contributed by atoms with E-state index in [0.717, 1.165) is 19.4 Å². The zero-order valence-electron chi connectivity index (χ0n) is 6.55. The Balaban J connectivity index is 2.01. The minimum Gasteiger partial charge on any atom is -0.393 e. The van der Waals surface area contributed by atoms with E-state index in [1.54, 1.807) is 0 Å². The predicted molar refractivity (Wildman–Crippen MR) is 39.9 cm³/mol. The molecule has 1 aliphatic heterocycles. The summed E-state index contributed by atoms with van der Waals surface area (Å²) in [5.41, 5.74) is 0. The summed E-state index contributed by atoms with van der Waals surface area (Å²) in [6.45, 7) is 2.75. The highest BCUT2D eigenvalue weighted by Crippen LogP contribution is 2.17. The average Bonchev–Trinajstić information content (AvgIpc) is 2.34. The Hall–Kier alpha value is -0.0800. The van der Waals surface area contributed by atoms with Gasteiger partial charge in [-0.1, -0.05) is 0 Å². The number of aliphatic hydroxyl groups excluding tert-OH is 1. The first-order valence-electron chi connectivity index (χ1n) is 4.08. The van der Waals surface area contributed by atoms with Crippen LogP contribution in [0.5, 0.6) is 0 Å². The van der Waals surface area contributed by atoms with Gasteiger partial charge >= 0.3 is 0 Å². The normalized spacial score (nSPS) is 28.8. The molecule has 0 aromatic carbocycles. The van der Waals surface area contributed by atoms with E-state index in [2.05, 4.69) is 0 Å². The van der Waals surface area contributed by atoms with E-state index >= 15 is 0 Å². The van der Waals surface area contributed by atoms with Crippen molar-refractivity contribution in [2.24, 2.45) is 0 Å². The van der Waals surface area contributed by atoms with Crippen LogP contribution in [-0.2, 0) is 4.74 Å². The molecule has 60 valence electrons. The van der Waals surface area contributed by atoms with E-state index < -0.39 is 0 Å². The summed E-state index contributed by atoms with van der Waals surface area (Å²) < 4.78 is 5.39. The molecule has 2 nitrogen and oxygen atoms in total. The summed E-state index contributed by atoms with van der Waals surface area (Å²) in [4.78, 5) is 0. The van der Waals surface area contributed by atoms with E-state index in [1.165, 1.54) is 12.8 Å². The van der Waals surface area contributed by atoms with E-state index in [0.29, 0.717) is 6.10 Å². The largest absolute Gasteiger partial charge is 0.393 e. The smallest absolute Gasteiger partial charge is 0.0577 e. The van der Waals surface area contributed by atoms with Crippen LogP contribution in [0.25, 0.3) is 0 Å². The van der Waals surface area contributed by atoms with Crippen LogP contribution < -0.4 is 0 Å². The lowest BCUT2D eigenvalue weighted by molar-refractivity contribution is 0.0852. The Morgan fingerprint density at radius 3 is 3.00 bits per heavy atom. The molecule has 1 rings (SSSR count). The van der Waals surface area contributed by atoms with E-state index in [1.807, 2.05) is 6.92 Å². The number of aliphatic hydroxyl groups is 1. The fraction of sp³-hybridized carbons (Fsp3) is 1.00. The SMILES string of the molecule is C[C@@H](O)CC[C@@H]1CCCO1. The number of rotatable bonds is 3. The summed E-state index contributed by atoms with van der Waals surface area (Å²) in [6, 6.07) is 0. The summed E-state index contributed by atoms with van der Waals surface area (Å²) in [5, 5.41) is 8.96. The van der Waals surface area contributed by atoms with Crippen molar-refractivity contribution in [1.82, 2.24) is 0 Å². The third-order valence-corrected chi connectivity index (χ3v) is 1.93. The molecular weight excluding hydrogens is 128 g/mol. The summed E-state index contributed by atoms with van der Waals surface area (Å²) in [6.07, 6.45) is 4.57. The topological polar surface area (TPSA) is 29.5 Å². The van der Waals surface area contributed by atoms with E-state index in [9.17, 15) is 0 Å². The van der Waals surface area contributed by atoms with Gasteiger partial charge < -0.3 is 9.84 Å². The van der Waals surface area contributed by atoms with Crippen LogP contribution >= 0.6 is 0 Å². The molecule has 10 heavy (non-hydrogen) atoms. The number of ether oxygens (including phenoxy) is 1. The fourth-order valence-corrected chi connectivity index (χ4v) is 1.30. The summed E-state index contributed by atoms with van der Waals surface area (Å²) in [5.74, 6) is 0. The Bertz CT molecular complexity index is 85.3. The van der Waals surface area contributed by atoms with E-state index in [-0.39, 0.29) is 6.10 Å². The van der Waals surface area contributed by atoms with Crippen molar-refractivity contribution < 1.29 is 9.84 Å². The first-order valence-corrected chi connectivity index (χ1v) is 4.08. The molecule has 0 aromatic heterocycles. The predicted octanol–water partition coefficient (Wildman–Crippen LogP) is 1.33. The maximum absolute atomic E-state index is 8.96. The standard InChI is InChI=1S/C8H16O2/c1-7(9)4-5-8-3-2-6-10-8/h7-9H,2-6H2,1H3/t7-,8+/m1/s1. The van der Waals surface area contributed by atoms with Crippen LogP contribution in [-0.4, -0.2) is 23.9 Å². The number of hydrogen-bond acceptors (Lipinski definition) is 2. The molecule has 0 aromatic rings. The molecule has 0 unspecified atom stereocenters. The quantitative estimate of drug-likeness (QED) is 0.647. The van der Waals surface area contributed by atoms with Crippen LogP contribution in [0.1, 0.15) is 32.6 Å². The lowest BCUT2D eigenvalue weighted by Gasteiger charge is -2.09. The molecule has 2 atom stereocenters. The molecule has 0 radical (unpaired) electrons. The van der Waals surface area contributed by atoms with Gasteiger partial charge in [-0.3, -0.25) is 0 Å². The molecule has 0 amide bonds. The monoisotopic (exact) mass is 144 g/mol. The highest BCUT2D eigenvalue weighted by molar-refractivity contribution is 4.65. The van der Waals surface area contributed by atoms with Crippen LogP contribution in [0, 0.1) is 0 Å². The van der Waals surface area contributed by atoms with Gasteiger partial charge in [0.2, 0.25) is 0 Å². The highest BCUT2D eigenvalue weighted by atomic mass is 16.5. The third-order valence-electron chi connectivity index (χ3n) is 1.93. The summed E-state index contributed by atoms with van der Waals surface area (Å²) >= 11 is 0. The number of hydrogen-bond donors (Lipinski definition) is 1. The molecule has 1 N–H and O–H groups in total. The molecule has 0 saturated carbocycles. The van der Waals surface area contributed by atoms with Crippen molar-refractivity contribution in [3.63, 3.8) is 0 Å². The zero-order chi connectivity index (χ0) is 7.40. The van der Waals surface area contributed by atoms with Crippen molar-refractivity contribution in [1.29, 1.82) is 0 Å². The Kier molecular flexibility index (Phi) is 3.16. The Labute approximate surface area is 62.2 Å². The van der Waals surface area contributed by atoms with Gasteiger partial charge in [-0.2, -0.15) is 0 Å². The van der Waals surface area contributed by atoms with Gasteiger partial charge in [0.1, 0.15) is 0 Å². The molecule has 0 aliphatic carbocycles. The Morgan fingerprint density at radius 1 is 1.70 bits per heavy atom. The van der Waals surface area contributed by atoms with Crippen molar-refractivity contribution >= 4 is 0 Å². The average molecular weight is 144 g/mol. The van der Waals surface area contributed by atoms with Gasteiger partial charge in [-0.25, -0.2) is 0 Å². The van der Waals surface area contributed by atoms with Crippen molar-refractivity contribution in [2.45, 2.75) is 44.8 Å². The Morgan fingerprint density at radius 2 is 2.50 bits per heavy atom. The van der Waals surface area contributed by atoms with Crippen LogP contribution in [0.4, 0.5) is 0 Å². The first kappa shape index (κ1) is 8.02. The van der Waals surface area contributed by atoms with Gasteiger partial charge in [0.25, 0.3) is 0 Å². The molecule has 2 heteroatoms. The molecule has 1 aliphatic rings. The van der Waals surface area contributed by atoms with Gasteiger partial charge in [0, 0.05) is 6.61 Å². The second-order valence-corrected chi connectivity index (χ2v) is 3.06. The maximum atomic E-state index is 8.96. The lowest BCUT2D eigenvalue weighted by Crippen LogP contribution is -2.09. The van der Waals surface area contributed by atoms with Crippen LogP contribution in [0.3, 0.4) is 0 Å². The van der Waals surface area contributed by atoms with Gasteiger partial charge in [-0.05, 0) is 32.6 Å². The summed E-state index contributed by atoms with van der Waals surface area (Å²) in [7, 11) is 0. The molecule has 0 spiro atoms. The zero-order valence-corrected chi connectivity index (χ0v) is 6.55. The molecule has 0 bridgehead atoms. The second kappa shape index (κ2) is 3.94. The fourth-order valence-electron chi connectivity index (χ4n) is 1.30. The van der Waals surface area contributed by atoms with Crippen LogP contribution in [0.15, 0.2) is 0 Å². The van der Waals surface area contributed by atoms with Crippen molar-refractivity contribution in [3.8, 4) is 0 Å². The van der Waals surface area contributed by atoms with Gasteiger partial charge in [0.05, 0.1) is 12.2 Å². The van der Waals surface area contributed by atoms with Crippen molar-refractivity contribution in [2.75, 3.05) is 6.61 Å². The molecule has 1 saturated heterocycles.